The fraction of sp³-hybridized carbons (Fsp3) is 0.583. The number of aromatic nitrogens is 2. The number of nitrogens with zero attached hydrogens (tertiary/aromatic N) is 2. The average molecular weight is 252 g/mol. The Kier molecular flexibility index (Phi) is 3.64. The molecule has 0 spiro atoms. The second-order valence-electron chi connectivity index (χ2n) is 4.36. The van der Waals surface area contributed by atoms with E-state index in [0.717, 1.165) is 5.82 Å². The summed E-state index contributed by atoms with van der Waals surface area (Å²) in [5.41, 5.74) is 0.648. The minimum Gasteiger partial charge on any atom is -0.481 e. The third-order valence-electron chi connectivity index (χ3n) is 3.02. The average Bonchev–Trinajstić information content (AvgIpc) is 2.69. The maximum Gasteiger partial charge on any atom is 0.311 e. The Morgan fingerprint density at radius 1 is 1.61 bits per heavy atom. The molecule has 1 atom stereocenters. The van der Waals surface area contributed by atoms with E-state index in [-0.39, 0.29) is 18.3 Å². The molecule has 1 N–H and O–H groups in total. The van der Waals surface area contributed by atoms with Crippen LogP contribution in [0.5, 0.6) is 0 Å². The normalized spacial score (nSPS) is 18.2. The van der Waals surface area contributed by atoms with E-state index >= 15 is 0 Å². The highest BCUT2D eigenvalue weighted by Gasteiger charge is 2.25. The van der Waals surface area contributed by atoms with Crippen LogP contribution in [0.15, 0.2) is 6.20 Å². The zero-order valence-corrected chi connectivity index (χ0v) is 10.3. The molecule has 0 fully saturated rings. The molecule has 0 radical (unpaired) electrons. The summed E-state index contributed by atoms with van der Waals surface area (Å²) in [6.45, 7) is 2.54. The molecule has 6 nitrogen and oxygen atoms in total. The van der Waals surface area contributed by atoms with Crippen molar-refractivity contribution in [1.29, 1.82) is 0 Å². The highest BCUT2D eigenvalue weighted by atomic mass is 16.5. The monoisotopic (exact) mass is 252 g/mol. The predicted molar refractivity (Wildman–Crippen MR) is 62.0 cm³/mol. The van der Waals surface area contributed by atoms with Crippen LogP contribution in [-0.2, 0) is 33.7 Å². The van der Waals surface area contributed by atoms with Crippen LogP contribution in [0.25, 0.3) is 0 Å². The molecule has 1 aromatic rings. The van der Waals surface area contributed by atoms with Gasteiger partial charge in [0.1, 0.15) is 5.82 Å². The van der Waals surface area contributed by atoms with Gasteiger partial charge in [0.25, 0.3) is 0 Å². The maximum absolute atomic E-state index is 11.3. The van der Waals surface area contributed by atoms with Crippen LogP contribution < -0.4 is 0 Å². The van der Waals surface area contributed by atoms with Crippen LogP contribution in [0, 0.1) is 5.92 Å². The number of hydrogen-bond donors (Lipinski definition) is 1. The summed E-state index contributed by atoms with van der Waals surface area (Å²) in [7, 11) is 0. The number of imidazole rings is 1. The van der Waals surface area contributed by atoms with Crippen molar-refractivity contribution in [2.45, 2.75) is 32.7 Å². The summed E-state index contributed by atoms with van der Waals surface area (Å²) in [5.74, 6) is -0.585. The number of aryl methyl sites for hydroxylation is 1. The first-order valence-corrected chi connectivity index (χ1v) is 6.03. The molecule has 98 valence electrons. The van der Waals surface area contributed by atoms with Gasteiger partial charge in [0.2, 0.25) is 0 Å². The number of carbonyl (C=O) groups is 2. The van der Waals surface area contributed by atoms with Crippen LogP contribution in [0.4, 0.5) is 0 Å². The predicted octanol–water partition coefficient (Wildman–Crippen LogP) is 0.636. The summed E-state index contributed by atoms with van der Waals surface area (Å²) in [6.07, 6.45) is 3.14. The van der Waals surface area contributed by atoms with Crippen molar-refractivity contribution in [2.24, 2.45) is 5.92 Å². The van der Waals surface area contributed by atoms with Crippen molar-refractivity contribution in [3.8, 4) is 0 Å². The Labute approximate surface area is 105 Å². The molecule has 0 saturated carbocycles. The number of fused-ring (bicyclic) bond motifs is 1. The molecule has 1 unspecified atom stereocenters. The van der Waals surface area contributed by atoms with Crippen molar-refractivity contribution < 1.29 is 19.4 Å². The van der Waals surface area contributed by atoms with Gasteiger partial charge in [-0.15, -0.1) is 0 Å². The summed E-state index contributed by atoms with van der Waals surface area (Å²) in [4.78, 5) is 26.6. The number of aliphatic carboxylic acids is 1. The number of carbonyl (C=O) groups excluding carboxylic acids is 1. The molecular weight excluding hydrogens is 236 g/mol. The van der Waals surface area contributed by atoms with Gasteiger partial charge in [-0.05, 0) is 13.3 Å². The van der Waals surface area contributed by atoms with E-state index in [4.69, 9.17) is 9.84 Å². The molecule has 0 aromatic carbocycles. The molecule has 1 aromatic heterocycles. The standard InChI is InChI=1S/C12H16N2O4/c1-2-18-11(15)5-9-7-14-6-8(12(16)17)3-4-10(14)13-9/h7-8H,2-6H2,1H3,(H,16,17). The van der Waals surface area contributed by atoms with Gasteiger partial charge in [0.15, 0.2) is 0 Å². The smallest absolute Gasteiger partial charge is 0.311 e. The zero-order valence-electron chi connectivity index (χ0n) is 10.3. The lowest BCUT2D eigenvalue weighted by Gasteiger charge is -2.19. The van der Waals surface area contributed by atoms with Crippen molar-refractivity contribution >= 4 is 11.9 Å². The third-order valence-corrected chi connectivity index (χ3v) is 3.02. The molecular formula is C12H16N2O4. The topological polar surface area (TPSA) is 81.4 Å². The van der Waals surface area contributed by atoms with Gasteiger partial charge in [0.05, 0.1) is 24.6 Å². The first-order valence-electron chi connectivity index (χ1n) is 6.03. The minimum absolute atomic E-state index is 0.144. The molecule has 2 rings (SSSR count). The molecule has 0 bridgehead atoms. The number of hydrogen-bond acceptors (Lipinski definition) is 4. The Morgan fingerprint density at radius 2 is 2.39 bits per heavy atom. The zero-order chi connectivity index (χ0) is 13.1. The van der Waals surface area contributed by atoms with E-state index in [1.54, 1.807) is 13.1 Å². The van der Waals surface area contributed by atoms with E-state index in [2.05, 4.69) is 4.98 Å². The van der Waals surface area contributed by atoms with Gasteiger partial charge >= 0.3 is 11.9 Å². The lowest BCUT2D eigenvalue weighted by molar-refractivity contribution is -0.143. The maximum atomic E-state index is 11.3. The number of ether oxygens (including phenoxy) is 1. The molecule has 1 aliphatic rings. The van der Waals surface area contributed by atoms with Crippen LogP contribution in [0.1, 0.15) is 24.9 Å². The quantitative estimate of drug-likeness (QED) is 0.795. The Balaban J connectivity index is 2.05. The number of carboxylic acid groups (broad SMARTS) is 1. The van der Waals surface area contributed by atoms with Gasteiger partial charge in [-0.25, -0.2) is 4.98 Å². The molecule has 6 heteroatoms. The Hall–Kier alpha value is -1.85. The summed E-state index contributed by atoms with van der Waals surface area (Å²) < 4.78 is 6.69. The lowest BCUT2D eigenvalue weighted by atomic mass is 10.00. The Bertz CT molecular complexity index is 467. The summed E-state index contributed by atoms with van der Waals surface area (Å²) >= 11 is 0. The van der Waals surface area contributed by atoms with E-state index in [1.807, 2.05) is 4.57 Å². The van der Waals surface area contributed by atoms with Crippen molar-refractivity contribution in [3.63, 3.8) is 0 Å². The van der Waals surface area contributed by atoms with Crippen molar-refractivity contribution in [3.05, 3.63) is 17.7 Å². The summed E-state index contributed by atoms with van der Waals surface area (Å²) in [6, 6.07) is 0. The SMILES string of the molecule is CCOC(=O)Cc1cn2c(n1)CCC(C(=O)O)C2. The van der Waals surface area contributed by atoms with Crippen LogP contribution in [0.2, 0.25) is 0 Å². The number of carboxylic acids is 1. The van der Waals surface area contributed by atoms with E-state index in [0.29, 0.717) is 31.7 Å². The third kappa shape index (κ3) is 2.69. The van der Waals surface area contributed by atoms with Crippen LogP contribution in [0.3, 0.4) is 0 Å². The number of rotatable bonds is 4. The second kappa shape index (κ2) is 5.20. The minimum atomic E-state index is -0.777. The van der Waals surface area contributed by atoms with Crippen LogP contribution in [-0.4, -0.2) is 33.2 Å². The van der Waals surface area contributed by atoms with Crippen molar-refractivity contribution in [1.82, 2.24) is 9.55 Å². The summed E-state index contributed by atoms with van der Waals surface area (Å²) in [5, 5.41) is 8.98. The van der Waals surface area contributed by atoms with E-state index < -0.39 is 5.97 Å². The first kappa shape index (κ1) is 12.6. The first-order chi connectivity index (χ1) is 8.60. The van der Waals surface area contributed by atoms with Gasteiger partial charge in [-0.1, -0.05) is 0 Å². The molecule has 2 heterocycles. The molecule has 0 amide bonds. The lowest BCUT2D eigenvalue weighted by Crippen LogP contribution is -2.26. The Morgan fingerprint density at radius 3 is 3.06 bits per heavy atom. The molecule has 1 aliphatic heterocycles. The van der Waals surface area contributed by atoms with Crippen molar-refractivity contribution in [2.75, 3.05) is 6.61 Å². The van der Waals surface area contributed by atoms with Crippen LogP contribution >= 0.6 is 0 Å². The highest BCUT2D eigenvalue weighted by Crippen LogP contribution is 2.20. The molecule has 0 aliphatic carbocycles. The van der Waals surface area contributed by atoms with Gasteiger partial charge < -0.3 is 14.4 Å². The largest absolute Gasteiger partial charge is 0.481 e. The van der Waals surface area contributed by atoms with Gasteiger partial charge in [-0.2, -0.15) is 0 Å². The highest BCUT2D eigenvalue weighted by molar-refractivity contribution is 5.72. The van der Waals surface area contributed by atoms with E-state index in [1.165, 1.54) is 0 Å². The molecule has 0 saturated heterocycles. The van der Waals surface area contributed by atoms with Gasteiger partial charge in [-0.3, -0.25) is 9.59 Å². The second-order valence-corrected chi connectivity index (χ2v) is 4.36. The van der Waals surface area contributed by atoms with E-state index in [9.17, 15) is 9.59 Å². The fourth-order valence-corrected chi connectivity index (χ4v) is 2.15. The number of esters is 1. The van der Waals surface area contributed by atoms with Gasteiger partial charge in [0, 0.05) is 19.2 Å². The fourth-order valence-electron chi connectivity index (χ4n) is 2.15. The molecule has 18 heavy (non-hydrogen) atoms.